The van der Waals surface area contributed by atoms with Crippen LogP contribution in [-0.4, -0.2) is 19.9 Å². The highest BCUT2D eigenvalue weighted by Crippen LogP contribution is 1.97. The van der Waals surface area contributed by atoms with Crippen molar-refractivity contribution in [3.8, 4) is 0 Å². The number of fused-ring (bicyclic) bond motifs is 1. The van der Waals surface area contributed by atoms with Gasteiger partial charge in [-0.2, -0.15) is 0 Å². The molecule has 0 radical (unpaired) electrons. The molecule has 12 heavy (non-hydrogen) atoms. The Balaban J connectivity index is 3.03. The molecule has 0 bridgehead atoms. The second kappa shape index (κ2) is 2.49. The molecule has 60 valence electrons. The van der Waals surface area contributed by atoms with E-state index in [0.29, 0.717) is 11.2 Å². The molecule has 0 saturated carbocycles. The summed E-state index contributed by atoms with van der Waals surface area (Å²) in [4.78, 5) is 23.8. The Hall–Kier alpha value is -1.56. The zero-order valence-electron chi connectivity index (χ0n) is 5.87. The Morgan fingerprint density at radius 2 is 2.25 bits per heavy atom. The van der Waals surface area contributed by atoms with Crippen LogP contribution in [0.2, 0.25) is 0 Å². The van der Waals surface area contributed by atoms with Crippen LogP contribution in [0.5, 0.6) is 0 Å². The first kappa shape index (κ1) is 7.11. The second-order valence-electron chi connectivity index (χ2n) is 2.19. The van der Waals surface area contributed by atoms with Gasteiger partial charge in [-0.05, 0) is 0 Å². The molecule has 0 aliphatic heterocycles. The molecule has 2 rings (SSSR count). The first-order valence-electron chi connectivity index (χ1n) is 3.20. The lowest BCUT2D eigenvalue weighted by Crippen LogP contribution is -2.08. The monoisotopic (exact) mass is 180 g/mol. The van der Waals surface area contributed by atoms with E-state index in [0.717, 1.165) is 0 Å². The van der Waals surface area contributed by atoms with E-state index in [-0.39, 0.29) is 10.2 Å². The van der Waals surface area contributed by atoms with Crippen LogP contribution in [0.25, 0.3) is 11.2 Å². The summed E-state index contributed by atoms with van der Waals surface area (Å²) in [5.41, 5.74) is 0.752. The number of nitrogens with one attached hydrogen (secondary N) is 2. The standard InChI is InChI=1S/C6H4N4OS/c11-5-6(12)9-3-1-7-2-8-4(3)10-5/h1-2H,(H,9,12)(H,7,8,10,11). The SMILES string of the molecule is O=c1[nH]c2ncncc2[nH]c1=S. The Bertz CT molecular complexity index is 480. The highest BCUT2D eigenvalue weighted by molar-refractivity contribution is 7.71. The summed E-state index contributed by atoms with van der Waals surface area (Å²) in [6.07, 6.45) is 2.91. The van der Waals surface area contributed by atoms with E-state index >= 15 is 0 Å². The average Bonchev–Trinajstić information content (AvgIpc) is 2.07. The molecule has 0 aliphatic carbocycles. The van der Waals surface area contributed by atoms with Gasteiger partial charge in [0.2, 0.25) is 0 Å². The predicted octanol–water partition coefficient (Wildman–Crippen LogP) is 0.376. The van der Waals surface area contributed by atoms with Crippen molar-refractivity contribution in [2.24, 2.45) is 0 Å². The van der Waals surface area contributed by atoms with Gasteiger partial charge in [0.1, 0.15) is 11.8 Å². The van der Waals surface area contributed by atoms with Gasteiger partial charge in [0.15, 0.2) is 10.3 Å². The molecule has 0 aromatic carbocycles. The second-order valence-corrected chi connectivity index (χ2v) is 2.60. The third-order valence-electron chi connectivity index (χ3n) is 1.40. The summed E-state index contributed by atoms with van der Waals surface area (Å²) in [6.45, 7) is 0. The Morgan fingerprint density at radius 3 is 3.08 bits per heavy atom. The summed E-state index contributed by atoms with van der Waals surface area (Å²) >= 11 is 4.73. The maximum Gasteiger partial charge on any atom is 0.284 e. The highest BCUT2D eigenvalue weighted by Gasteiger charge is 1.95. The van der Waals surface area contributed by atoms with E-state index < -0.39 is 0 Å². The Kier molecular flexibility index (Phi) is 1.47. The van der Waals surface area contributed by atoms with E-state index in [1.165, 1.54) is 6.33 Å². The summed E-state index contributed by atoms with van der Waals surface area (Å²) < 4.78 is 0.136. The van der Waals surface area contributed by atoms with E-state index in [1.807, 2.05) is 0 Å². The lowest BCUT2D eigenvalue weighted by Gasteiger charge is -1.93. The molecule has 0 saturated heterocycles. The molecular weight excluding hydrogens is 176 g/mol. The minimum atomic E-state index is -0.337. The zero-order valence-corrected chi connectivity index (χ0v) is 6.68. The molecule has 0 atom stereocenters. The van der Waals surface area contributed by atoms with Gasteiger partial charge in [-0.25, -0.2) is 9.97 Å². The van der Waals surface area contributed by atoms with Crippen LogP contribution in [0.15, 0.2) is 17.3 Å². The predicted molar refractivity (Wildman–Crippen MR) is 45.3 cm³/mol. The summed E-state index contributed by atoms with van der Waals surface area (Å²) in [6, 6.07) is 0. The molecule has 2 heterocycles. The fraction of sp³-hybridized carbons (Fsp3) is 0. The fourth-order valence-corrected chi connectivity index (χ4v) is 1.03. The molecule has 0 aliphatic rings. The van der Waals surface area contributed by atoms with Crippen molar-refractivity contribution in [3.05, 3.63) is 27.5 Å². The molecule has 0 amide bonds. The van der Waals surface area contributed by atoms with Crippen molar-refractivity contribution in [2.75, 3.05) is 0 Å². The smallest absolute Gasteiger partial charge is 0.284 e. The lowest BCUT2D eigenvalue weighted by molar-refractivity contribution is 1.11. The first-order chi connectivity index (χ1) is 5.77. The van der Waals surface area contributed by atoms with Crippen molar-refractivity contribution in [1.82, 2.24) is 19.9 Å². The normalized spacial score (nSPS) is 10.3. The number of aromatic amines is 2. The lowest BCUT2D eigenvalue weighted by atomic mass is 10.5. The van der Waals surface area contributed by atoms with Crippen LogP contribution in [0.3, 0.4) is 0 Å². The number of H-pyrrole nitrogens is 2. The minimum Gasteiger partial charge on any atom is -0.338 e. The highest BCUT2D eigenvalue weighted by atomic mass is 32.1. The van der Waals surface area contributed by atoms with Crippen LogP contribution < -0.4 is 5.56 Å². The van der Waals surface area contributed by atoms with Crippen LogP contribution in [-0.2, 0) is 0 Å². The maximum absolute atomic E-state index is 11.0. The number of nitrogens with zero attached hydrogens (tertiary/aromatic N) is 2. The van der Waals surface area contributed by atoms with E-state index in [2.05, 4.69) is 19.9 Å². The van der Waals surface area contributed by atoms with Gasteiger partial charge in [0.25, 0.3) is 5.56 Å². The van der Waals surface area contributed by atoms with Crippen molar-refractivity contribution in [1.29, 1.82) is 0 Å². The molecule has 2 aromatic heterocycles. The van der Waals surface area contributed by atoms with Crippen LogP contribution >= 0.6 is 12.2 Å². The molecule has 6 heteroatoms. The zero-order chi connectivity index (χ0) is 8.55. The maximum atomic E-state index is 11.0. The van der Waals surface area contributed by atoms with Crippen molar-refractivity contribution in [3.63, 3.8) is 0 Å². The topological polar surface area (TPSA) is 74.4 Å². The minimum absolute atomic E-state index is 0.136. The van der Waals surface area contributed by atoms with E-state index in [1.54, 1.807) is 6.20 Å². The summed E-state index contributed by atoms with van der Waals surface area (Å²) in [5, 5.41) is 0. The Labute approximate surface area is 71.5 Å². The summed E-state index contributed by atoms with van der Waals surface area (Å²) in [7, 11) is 0. The largest absolute Gasteiger partial charge is 0.338 e. The van der Waals surface area contributed by atoms with Crippen molar-refractivity contribution >= 4 is 23.4 Å². The Morgan fingerprint density at radius 1 is 1.42 bits per heavy atom. The molecular formula is C6H4N4OS. The molecule has 5 nitrogen and oxygen atoms in total. The molecule has 2 N–H and O–H groups in total. The van der Waals surface area contributed by atoms with Gasteiger partial charge in [-0.1, -0.05) is 12.2 Å². The number of hydrogen-bond donors (Lipinski definition) is 2. The molecule has 2 aromatic rings. The number of hydrogen-bond acceptors (Lipinski definition) is 4. The molecule has 0 unspecified atom stereocenters. The van der Waals surface area contributed by atoms with E-state index in [9.17, 15) is 4.79 Å². The van der Waals surface area contributed by atoms with Gasteiger partial charge < -0.3 is 9.97 Å². The number of rotatable bonds is 0. The van der Waals surface area contributed by atoms with Gasteiger partial charge in [-0.15, -0.1) is 0 Å². The molecule has 0 fully saturated rings. The summed E-state index contributed by atoms with van der Waals surface area (Å²) in [5.74, 6) is 0. The number of aromatic nitrogens is 4. The van der Waals surface area contributed by atoms with Gasteiger partial charge in [-0.3, -0.25) is 4.79 Å². The third kappa shape index (κ3) is 1.02. The van der Waals surface area contributed by atoms with Crippen LogP contribution in [0, 0.1) is 4.64 Å². The quantitative estimate of drug-likeness (QED) is 0.574. The van der Waals surface area contributed by atoms with Gasteiger partial charge in [0.05, 0.1) is 6.20 Å². The average molecular weight is 180 g/mol. The van der Waals surface area contributed by atoms with E-state index in [4.69, 9.17) is 12.2 Å². The van der Waals surface area contributed by atoms with Crippen LogP contribution in [0.4, 0.5) is 0 Å². The molecule has 0 spiro atoms. The van der Waals surface area contributed by atoms with Gasteiger partial charge >= 0.3 is 0 Å². The van der Waals surface area contributed by atoms with Crippen LogP contribution in [0.1, 0.15) is 0 Å². The van der Waals surface area contributed by atoms with Crippen molar-refractivity contribution in [2.45, 2.75) is 0 Å². The third-order valence-corrected chi connectivity index (χ3v) is 1.69. The first-order valence-corrected chi connectivity index (χ1v) is 3.60. The van der Waals surface area contributed by atoms with Crippen molar-refractivity contribution < 1.29 is 0 Å². The van der Waals surface area contributed by atoms with Gasteiger partial charge in [0, 0.05) is 0 Å². The fourth-order valence-electron chi connectivity index (χ4n) is 0.864.